The highest BCUT2D eigenvalue weighted by molar-refractivity contribution is 6.06. The second kappa shape index (κ2) is 21.8. The smallest absolute Gasteiger partial charge is 0.324 e. The number of unbranched alkanes of at least 4 members (excludes halogenated alkanes) is 11. The van der Waals surface area contributed by atoms with Crippen molar-refractivity contribution < 1.29 is 23.9 Å². The molecule has 6 nitrogen and oxygen atoms in total. The molecule has 0 bridgehead atoms. The maximum Gasteiger partial charge on any atom is 0.324 e. The van der Waals surface area contributed by atoms with Crippen LogP contribution in [0, 0.1) is 5.92 Å². The number of nitrogens with one attached hydrogen (secondary N) is 1. The molecule has 1 fully saturated rings. The molecule has 1 saturated heterocycles. The first kappa shape index (κ1) is 32.8. The number of ketones is 1. The van der Waals surface area contributed by atoms with Gasteiger partial charge in [-0.1, -0.05) is 95.9 Å². The normalized spacial score (nSPS) is 16.4. The van der Waals surface area contributed by atoms with Crippen LogP contribution < -0.4 is 5.32 Å². The number of allylic oxidation sites excluding steroid dienone is 4. The van der Waals surface area contributed by atoms with Crippen LogP contribution in [0.25, 0.3) is 0 Å². The van der Waals surface area contributed by atoms with E-state index in [9.17, 15) is 19.2 Å². The lowest BCUT2D eigenvalue weighted by molar-refractivity contribution is -0.164. The minimum Gasteiger partial charge on any atom is -0.393 e. The fourth-order valence-corrected chi connectivity index (χ4v) is 4.54. The second-order valence-corrected chi connectivity index (χ2v) is 10.2. The van der Waals surface area contributed by atoms with Crippen LogP contribution >= 0.6 is 0 Å². The van der Waals surface area contributed by atoms with Crippen LogP contribution in [-0.4, -0.2) is 29.7 Å². The van der Waals surface area contributed by atoms with Gasteiger partial charge in [-0.3, -0.25) is 19.2 Å². The van der Waals surface area contributed by atoms with Gasteiger partial charge in [0.05, 0.1) is 6.04 Å². The number of rotatable bonds is 22. The number of ether oxygens (including phenoxy) is 1. The molecule has 210 valence electrons. The maximum absolute atomic E-state index is 12.9. The summed E-state index contributed by atoms with van der Waals surface area (Å²) in [5, 5.41) is 2.64. The van der Waals surface area contributed by atoms with E-state index >= 15 is 0 Å². The van der Waals surface area contributed by atoms with Crippen LogP contribution in [0.15, 0.2) is 24.3 Å². The van der Waals surface area contributed by atoms with Gasteiger partial charge in [0.15, 0.2) is 5.78 Å². The number of esters is 2. The van der Waals surface area contributed by atoms with Gasteiger partial charge in [0.25, 0.3) is 0 Å². The van der Waals surface area contributed by atoms with E-state index in [1.54, 1.807) is 0 Å². The summed E-state index contributed by atoms with van der Waals surface area (Å²) in [4.78, 5) is 49.3. The molecular formula is C31H51NO5. The van der Waals surface area contributed by atoms with Crippen molar-refractivity contribution in [2.75, 3.05) is 0 Å². The quantitative estimate of drug-likeness (QED) is 0.0704. The van der Waals surface area contributed by atoms with Gasteiger partial charge in [-0.15, -0.1) is 0 Å². The average molecular weight is 518 g/mol. The Morgan fingerprint density at radius 3 is 2.08 bits per heavy atom. The number of hydrogen-bond acceptors (Lipinski definition) is 5. The summed E-state index contributed by atoms with van der Waals surface area (Å²) in [5.74, 6) is -2.78. The Labute approximate surface area is 225 Å². The van der Waals surface area contributed by atoms with Crippen molar-refractivity contribution in [2.45, 2.75) is 142 Å². The SMILES string of the molecule is CCCCCC=CCC=CCCCCCCCC(=O)OC(=O)C(CCCCCC)C(=O)[C@@H]1CCC(=O)N1. The lowest BCUT2D eigenvalue weighted by atomic mass is 9.91. The number of Topliss-reactive ketones (excluding diaryl/α,β-unsaturated/α-hetero) is 1. The summed E-state index contributed by atoms with van der Waals surface area (Å²) >= 11 is 0. The molecule has 1 unspecified atom stereocenters. The van der Waals surface area contributed by atoms with E-state index in [2.05, 4.69) is 43.5 Å². The molecule has 1 amide bonds. The lowest BCUT2D eigenvalue weighted by Gasteiger charge is -2.18. The molecule has 1 aliphatic heterocycles. The monoisotopic (exact) mass is 517 g/mol. The van der Waals surface area contributed by atoms with Crippen molar-refractivity contribution in [1.29, 1.82) is 0 Å². The third kappa shape index (κ3) is 16.3. The van der Waals surface area contributed by atoms with Crippen LogP contribution in [0.4, 0.5) is 0 Å². The standard InChI is InChI=1S/C31H51NO5/c1-3-5-7-9-10-11-12-13-14-15-16-17-18-19-21-23-29(34)37-31(36)26(22-20-8-6-4-2)30(35)27-24-25-28(33)32-27/h10-11,13-14,26-27H,3-9,12,15-25H2,1-2H3,(H,32,33)/t26?,27-/m0/s1. The van der Waals surface area contributed by atoms with Crippen LogP contribution in [0.2, 0.25) is 0 Å². The molecule has 0 aromatic carbocycles. The van der Waals surface area contributed by atoms with Crippen molar-refractivity contribution in [3.63, 3.8) is 0 Å². The van der Waals surface area contributed by atoms with Gasteiger partial charge in [0.1, 0.15) is 5.92 Å². The summed E-state index contributed by atoms with van der Waals surface area (Å²) in [6.07, 6.45) is 26.0. The Balaban J connectivity index is 2.21. The van der Waals surface area contributed by atoms with Crippen molar-refractivity contribution >= 4 is 23.6 Å². The highest BCUT2D eigenvalue weighted by atomic mass is 16.6. The Hall–Kier alpha value is -2.24. The predicted molar refractivity (Wildman–Crippen MR) is 149 cm³/mol. The summed E-state index contributed by atoms with van der Waals surface area (Å²) in [6, 6.07) is -0.645. The minimum atomic E-state index is -0.978. The first-order valence-corrected chi connectivity index (χ1v) is 14.9. The van der Waals surface area contributed by atoms with E-state index in [0.717, 1.165) is 64.2 Å². The highest BCUT2D eigenvalue weighted by Gasteiger charge is 2.37. The van der Waals surface area contributed by atoms with Gasteiger partial charge < -0.3 is 10.1 Å². The largest absolute Gasteiger partial charge is 0.393 e. The number of carbonyl (C=O) groups excluding carboxylic acids is 4. The fraction of sp³-hybridized carbons (Fsp3) is 0.742. The van der Waals surface area contributed by atoms with E-state index in [-0.39, 0.29) is 18.1 Å². The Morgan fingerprint density at radius 2 is 1.43 bits per heavy atom. The van der Waals surface area contributed by atoms with Crippen LogP contribution in [0.5, 0.6) is 0 Å². The molecule has 0 aromatic rings. The molecule has 0 aliphatic carbocycles. The Morgan fingerprint density at radius 1 is 0.838 bits per heavy atom. The van der Waals surface area contributed by atoms with E-state index in [1.807, 2.05) is 0 Å². The molecule has 1 aliphatic rings. The molecule has 0 saturated carbocycles. The molecule has 1 heterocycles. The second-order valence-electron chi connectivity index (χ2n) is 10.2. The zero-order valence-corrected chi connectivity index (χ0v) is 23.4. The predicted octanol–water partition coefficient (Wildman–Crippen LogP) is 7.30. The first-order chi connectivity index (χ1) is 18.0. The number of hydrogen-bond donors (Lipinski definition) is 1. The highest BCUT2D eigenvalue weighted by Crippen LogP contribution is 2.20. The molecule has 2 atom stereocenters. The summed E-state index contributed by atoms with van der Waals surface area (Å²) in [5.41, 5.74) is 0. The van der Waals surface area contributed by atoms with Gasteiger partial charge in [0.2, 0.25) is 5.91 Å². The molecule has 1 N–H and O–H groups in total. The Kier molecular flexibility index (Phi) is 19.3. The molecule has 0 radical (unpaired) electrons. The van der Waals surface area contributed by atoms with E-state index in [1.165, 1.54) is 25.7 Å². The van der Waals surface area contributed by atoms with E-state index in [4.69, 9.17) is 4.74 Å². The molecule has 1 rings (SSSR count). The summed E-state index contributed by atoms with van der Waals surface area (Å²) in [7, 11) is 0. The van der Waals surface area contributed by atoms with Crippen molar-refractivity contribution in [1.82, 2.24) is 5.32 Å². The van der Waals surface area contributed by atoms with Crippen molar-refractivity contribution in [2.24, 2.45) is 5.92 Å². The lowest BCUT2D eigenvalue weighted by Crippen LogP contribution is -2.41. The third-order valence-corrected chi connectivity index (χ3v) is 6.86. The molecule has 37 heavy (non-hydrogen) atoms. The van der Waals surface area contributed by atoms with Gasteiger partial charge in [-0.05, 0) is 51.4 Å². The first-order valence-electron chi connectivity index (χ1n) is 14.9. The molecule has 0 spiro atoms. The molecule has 0 aromatic heterocycles. The topological polar surface area (TPSA) is 89.5 Å². The van der Waals surface area contributed by atoms with E-state index < -0.39 is 23.9 Å². The van der Waals surface area contributed by atoms with Crippen LogP contribution in [-0.2, 0) is 23.9 Å². The number of amides is 1. The van der Waals surface area contributed by atoms with Gasteiger partial charge in [0, 0.05) is 12.8 Å². The van der Waals surface area contributed by atoms with Gasteiger partial charge >= 0.3 is 11.9 Å². The van der Waals surface area contributed by atoms with Gasteiger partial charge in [-0.2, -0.15) is 0 Å². The van der Waals surface area contributed by atoms with Crippen LogP contribution in [0.1, 0.15) is 136 Å². The summed E-state index contributed by atoms with van der Waals surface area (Å²) in [6.45, 7) is 4.32. The minimum absolute atomic E-state index is 0.172. The zero-order valence-electron chi connectivity index (χ0n) is 23.4. The average Bonchev–Trinajstić information content (AvgIpc) is 3.32. The third-order valence-electron chi connectivity index (χ3n) is 6.86. The number of carbonyl (C=O) groups is 4. The van der Waals surface area contributed by atoms with Gasteiger partial charge in [-0.25, -0.2) is 0 Å². The van der Waals surface area contributed by atoms with Crippen molar-refractivity contribution in [3.8, 4) is 0 Å². The maximum atomic E-state index is 12.9. The molecular weight excluding hydrogens is 466 g/mol. The van der Waals surface area contributed by atoms with Crippen molar-refractivity contribution in [3.05, 3.63) is 24.3 Å². The molecule has 6 heteroatoms. The Bertz CT molecular complexity index is 727. The van der Waals surface area contributed by atoms with E-state index in [0.29, 0.717) is 25.7 Å². The zero-order chi connectivity index (χ0) is 27.1. The summed E-state index contributed by atoms with van der Waals surface area (Å²) < 4.78 is 5.07. The fourth-order valence-electron chi connectivity index (χ4n) is 4.54. The van der Waals surface area contributed by atoms with Crippen LogP contribution in [0.3, 0.4) is 0 Å².